The second-order valence-corrected chi connectivity index (χ2v) is 7.04. The molecule has 0 saturated carbocycles. The highest BCUT2D eigenvalue weighted by atomic mass is 32.2. The van der Waals surface area contributed by atoms with Gasteiger partial charge < -0.3 is 10.4 Å². The van der Waals surface area contributed by atoms with E-state index in [-0.39, 0.29) is 17.1 Å². The fourth-order valence-corrected chi connectivity index (χ4v) is 2.58. The first kappa shape index (κ1) is 14.9. The van der Waals surface area contributed by atoms with Crippen molar-refractivity contribution in [3.05, 3.63) is 0 Å². The molecule has 0 aliphatic rings. The van der Waals surface area contributed by atoms with Gasteiger partial charge in [-0.05, 0) is 5.41 Å². The number of aliphatic carboxylic acids is 1. The van der Waals surface area contributed by atoms with Crippen LogP contribution in [0.5, 0.6) is 0 Å². The fourth-order valence-electron chi connectivity index (χ4n) is 1.09. The molecule has 8 heteroatoms. The number of rotatable bonds is 5. The normalized spacial score (nSPS) is 11.3. The summed E-state index contributed by atoms with van der Waals surface area (Å²) in [6, 6.07) is 0. The second-order valence-electron chi connectivity index (χ2n) is 4.84. The Hall–Kier alpha value is -1.15. The van der Waals surface area contributed by atoms with E-state index in [1.54, 1.807) is 0 Å². The molecule has 2 N–H and O–H groups in total. The number of hydrogen-bond donors (Lipinski definition) is 2. The van der Waals surface area contributed by atoms with Crippen molar-refractivity contribution in [2.45, 2.75) is 31.5 Å². The minimum absolute atomic E-state index is 0.0649. The summed E-state index contributed by atoms with van der Waals surface area (Å²) >= 11 is 2.26. The zero-order valence-corrected chi connectivity index (χ0v) is 12.0. The zero-order chi connectivity index (χ0) is 13.8. The van der Waals surface area contributed by atoms with Gasteiger partial charge in [0.15, 0.2) is 4.34 Å². The Balaban J connectivity index is 2.48. The number of thioether (sulfide) groups is 1. The van der Waals surface area contributed by atoms with Gasteiger partial charge in [0.1, 0.15) is 0 Å². The van der Waals surface area contributed by atoms with E-state index in [1.807, 2.05) is 20.8 Å². The van der Waals surface area contributed by atoms with E-state index in [9.17, 15) is 9.59 Å². The first-order valence-corrected chi connectivity index (χ1v) is 7.04. The van der Waals surface area contributed by atoms with Crippen molar-refractivity contribution in [3.8, 4) is 0 Å². The van der Waals surface area contributed by atoms with Crippen LogP contribution in [-0.2, 0) is 9.59 Å². The smallest absolute Gasteiger partial charge is 0.313 e. The molecule has 0 radical (unpaired) electrons. The van der Waals surface area contributed by atoms with Crippen LogP contribution in [0.2, 0.25) is 0 Å². The molecule has 0 fully saturated rings. The Kier molecular flexibility index (Phi) is 5.09. The van der Waals surface area contributed by atoms with Gasteiger partial charge in [0, 0.05) is 6.42 Å². The van der Waals surface area contributed by atoms with E-state index in [1.165, 1.54) is 11.3 Å². The maximum atomic E-state index is 11.6. The topological polar surface area (TPSA) is 92.2 Å². The number of anilines is 1. The van der Waals surface area contributed by atoms with E-state index in [4.69, 9.17) is 5.11 Å². The van der Waals surface area contributed by atoms with Crippen molar-refractivity contribution in [2.75, 3.05) is 11.1 Å². The summed E-state index contributed by atoms with van der Waals surface area (Å²) in [5.41, 5.74) is -0.0876. The molecule has 1 rings (SSSR count). The SMILES string of the molecule is CC(C)(C)CC(=O)Nc1nnc(SCC(=O)O)s1. The quantitative estimate of drug-likeness (QED) is 0.637. The molecule has 1 aromatic heterocycles. The average Bonchev–Trinajstić information content (AvgIpc) is 2.59. The van der Waals surface area contributed by atoms with E-state index >= 15 is 0 Å². The summed E-state index contributed by atoms with van der Waals surface area (Å²) in [6.07, 6.45) is 0.393. The molecule has 1 heterocycles. The number of carbonyl (C=O) groups excluding carboxylic acids is 1. The van der Waals surface area contributed by atoms with E-state index in [0.29, 0.717) is 15.9 Å². The number of nitrogens with one attached hydrogen (secondary N) is 1. The molecule has 1 amide bonds. The fraction of sp³-hybridized carbons (Fsp3) is 0.600. The highest BCUT2D eigenvalue weighted by Gasteiger charge is 2.17. The van der Waals surface area contributed by atoms with Crippen LogP contribution < -0.4 is 5.32 Å². The van der Waals surface area contributed by atoms with Crippen LogP contribution in [0.25, 0.3) is 0 Å². The van der Waals surface area contributed by atoms with E-state index in [0.717, 1.165) is 11.8 Å². The van der Waals surface area contributed by atoms with Gasteiger partial charge in [-0.2, -0.15) is 0 Å². The van der Waals surface area contributed by atoms with Gasteiger partial charge in [-0.15, -0.1) is 10.2 Å². The Morgan fingerprint density at radius 3 is 2.61 bits per heavy atom. The number of nitrogens with zero attached hydrogens (tertiary/aromatic N) is 2. The molecule has 18 heavy (non-hydrogen) atoms. The molecule has 0 saturated heterocycles. The van der Waals surface area contributed by atoms with Gasteiger partial charge in [0.05, 0.1) is 5.75 Å². The lowest BCUT2D eigenvalue weighted by atomic mass is 9.92. The lowest BCUT2D eigenvalue weighted by Crippen LogP contribution is -2.19. The van der Waals surface area contributed by atoms with Crippen LogP contribution in [0.15, 0.2) is 4.34 Å². The molecule has 0 aromatic carbocycles. The first-order chi connectivity index (χ1) is 8.26. The van der Waals surface area contributed by atoms with Crippen molar-refractivity contribution in [1.82, 2.24) is 10.2 Å². The highest BCUT2D eigenvalue weighted by molar-refractivity contribution is 8.01. The van der Waals surface area contributed by atoms with E-state index < -0.39 is 5.97 Å². The molecule has 0 aliphatic carbocycles. The molecule has 0 unspecified atom stereocenters. The minimum Gasteiger partial charge on any atom is -0.481 e. The number of carboxylic acid groups (broad SMARTS) is 1. The largest absolute Gasteiger partial charge is 0.481 e. The predicted octanol–water partition coefficient (Wildman–Crippen LogP) is 2.09. The van der Waals surface area contributed by atoms with E-state index in [2.05, 4.69) is 15.5 Å². The van der Waals surface area contributed by atoms with Gasteiger partial charge in [0.2, 0.25) is 11.0 Å². The highest BCUT2D eigenvalue weighted by Crippen LogP contribution is 2.26. The third-order valence-electron chi connectivity index (χ3n) is 1.66. The first-order valence-electron chi connectivity index (χ1n) is 5.24. The van der Waals surface area contributed by atoms with Gasteiger partial charge in [-0.3, -0.25) is 9.59 Å². The van der Waals surface area contributed by atoms with Crippen molar-refractivity contribution in [3.63, 3.8) is 0 Å². The van der Waals surface area contributed by atoms with Gasteiger partial charge >= 0.3 is 5.97 Å². The Labute approximate surface area is 113 Å². The lowest BCUT2D eigenvalue weighted by Gasteiger charge is -2.16. The van der Waals surface area contributed by atoms with Crippen molar-refractivity contribution >= 4 is 40.1 Å². The van der Waals surface area contributed by atoms with Gasteiger partial charge in [0.25, 0.3) is 0 Å². The van der Waals surface area contributed by atoms with Crippen LogP contribution >= 0.6 is 23.1 Å². The standard InChI is InChI=1S/C10H15N3O3S2/c1-10(2,3)4-6(14)11-8-12-13-9(18-8)17-5-7(15)16/h4-5H2,1-3H3,(H,15,16)(H,11,12,14). The summed E-state index contributed by atoms with van der Waals surface area (Å²) < 4.78 is 0.531. The molecule has 0 spiro atoms. The molecular weight excluding hydrogens is 274 g/mol. The van der Waals surface area contributed by atoms with Crippen molar-refractivity contribution < 1.29 is 14.7 Å². The zero-order valence-electron chi connectivity index (χ0n) is 10.4. The van der Waals surface area contributed by atoms with Gasteiger partial charge in [-0.25, -0.2) is 0 Å². The summed E-state index contributed by atoms with van der Waals surface area (Å²) in [6.45, 7) is 5.92. The average molecular weight is 289 g/mol. The molecular formula is C10H15N3O3S2. The van der Waals surface area contributed by atoms with Crippen molar-refractivity contribution in [1.29, 1.82) is 0 Å². The van der Waals surface area contributed by atoms with Crippen LogP contribution in [-0.4, -0.2) is 32.9 Å². The predicted molar refractivity (Wildman–Crippen MR) is 71.0 cm³/mol. The second kappa shape index (κ2) is 6.14. The summed E-state index contributed by atoms with van der Waals surface area (Å²) in [5.74, 6) is -1.09. The van der Waals surface area contributed by atoms with Crippen LogP contribution in [0.4, 0.5) is 5.13 Å². The molecule has 0 bridgehead atoms. The summed E-state index contributed by atoms with van der Waals surface area (Å²) in [7, 11) is 0. The molecule has 1 aromatic rings. The molecule has 6 nitrogen and oxygen atoms in total. The third-order valence-corrected chi connectivity index (χ3v) is 3.62. The summed E-state index contributed by atoms with van der Waals surface area (Å²) in [5, 5.41) is 19.2. The maximum Gasteiger partial charge on any atom is 0.313 e. The molecule has 0 aliphatic heterocycles. The van der Waals surface area contributed by atoms with Crippen LogP contribution in [0.3, 0.4) is 0 Å². The molecule has 0 atom stereocenters. The summed E-state index contributed by atoms with van der Waals surface area (Å²) in [4.78, 5) is 22.0. The third kappa shape index (κ3) is 5.97. The number of aromatic nitrogens is 2. The van der Waals surface area contributed by atoms with Crippen molar-refractivity contribution in [2.24, 2.45) is 5.41 Å². The van der Waals surface area contributed by atoms with Crippen LogP contribution in [0.1, 0.15) is 27.2 Å². The van der Waals surface area contributed by atoms with Crippen LogP contribution in [0, 0.1) is 5.41 Å². The monoisotopic (exact) mass is 289 g/mol. The number of hydrogen-bond acceptors (Lipinski definition) is 6. The molecule has 100 valence electrons. The number of carbonyl (C=O) groups is 2. The maximum absolute atomic E-state index is 11.6. The minimum atomic E-state index is -0.909. The Morgan fingerprint density at radius 1 is 1.39 bits per heavy atom. The Morgan fingerprint density at radius 2 is 2.06 bits per heavy atom. The Bertz CT molecular complexity index is 440. The number of carboxylic acids is 1. The lowest BCUT2D eigenvalue weighted by molar-refractivity contribution is -0.133. The number of amides is 1. The van der Waals surface area contributed by atoms with Gasteiger partial charge in [-0.1, -0.05) is 43.9 Å².